The highest BCUT2D eigenvalue weighted by atomic mass is 16.4. The molecule has 506 valence electrons. The Kier molecular flexibility index (Phi) is 41.9. The first-order valence-corrected chi connectivity index (χ1v) is 28.5. The zero-order valence-corrected chi connectivity index (χ0v) is 52.2. The second-order valence-corrected chi connectivity index (χ2v) is 18.4. The van der Waals surface area contributed by atoms with Crippen molar-refractivity contribution in [3.63, 3.8) is 0 Å². The standard InChI is InChI=1S/11C7H6O2/c11*8-7(9)6-4-2-1-3-5-6/h11*1-5H,(H,8,9). The first-order valence-electron chi connectivity index (χ1n) is 28.5. The van der Waals surface area contributed by atoms with Crippen molar-refractivity contribution in [2.45, 2.75) is 0 Å². The molecule has 0 aliphatic rings. The van der Waals surface area contributed by atoms with Crippen LogP contribution in [0.15, 0.2) is 334 Å². The molecular formula is C77H66O22. The van der Waals surface area contributed by atoms with Gasteiger partial charge in [0.1, 0.15) is 0 Å². The second-order valence-electron chi connectivity index (χ2n) is 18.4. The third kappa shape index (κ3) is 40.2. The molecular weight excluding hydrogens is 1280 g/mol. The molecule has 0 saturated carbocycles. The van der Waals surface area contributed by atoms with E-state index in [-0.39, 0.29) is 0 Å². The summed E-state index contributed by atoms with van der Waals surface area (Å²) in [5, 5.41) is 92.2. The number of carboxylic acid groups (broad SMARTS) is 11. The molecule has 0 heterocycles. The van der Waals surface area contributed by atoms with Crippen molar-refractivity contribution in [3.8, 4) is 0 Å². The van der Waals surface area contributed by atoms with Crippen molar-refractivity contribution in [2.24, 2.45) is 0 Å². The van der Waals surface area contributed by atoms with E-state index >= 15 is 0 Å². The van der Waals surface area contributed by atoms with Gasteiger partial charge in [0, 0.05) is 0 Å². The Morgan fingerprint density at radius 3 is 0.192 bits per heavy atom. The summed E-state index contributed by atoms with van der Waals surface area (Å²) in [6, 6.07) is 91.3. The average Bonchev–Trinajstić information content (AvgIpc) is 3.74. The number of benzene rings is 11. The van der Waals surface area contributed by atoms with Gasteiger partial charge in [-0.15, -0.1) is 0 Å². The van der Waals surface area contributed by atoms with Crippen LogP contribution in [-0.4, -0.2) is 122 Å². The van der Waals surface area contributed by atoms with E-state index in [0.717, 1.165) is 0 Å². The van der Waals surface area contributed by atoms with Crippen molar-refractivity contribution >= 4 is 65.7 Å². The van der Waals surface area contributed by atoms with Gasteiger partial charge in [-0.25, -0.2) is 52.7 Å². The molecule has 0 spiro atoms. The zero-order valence-electron chi connectivity index (χ0n) is 52.2. The molecule has 0 aliphatic heterocycles. The molecule has 22 heteroatoms. The van der Waals surface area contributed by atoms with Crippen LogP contribution in [0.4, 0.5) is 0 Å². The highest BCUT2D eigenvalue weighted by molar-refractivity contribution is 5.91. The molecule has 0 radical (unpaired) electrons. The molecule has 0 fully saturated rings. The molecule has 0 amide bonds. The van der Waals surface area contributed by atoms with Crippen LogP contribution in [0, 0.1) is 0 Å². The number of rotatable bonds is 11. The van der Waals surface area contributed by atoms with Gasteiger partial charge in [-0.1, -0.05) is 200 Å². The summed E-state index contributed by atoms with van der Waals surface area (Å²) in [5.41, 5.74) is 3.64. The predicted octanol–water partition coefficient (Wildman–Crippen LogP) is 15.2. The van der Waals surface area contributed by atoms with Crippen LogP contribution in [0.2, 0.25) is 0 Å². The fraction of sp³-hybridized carbons (Fsp3) is 0. The fourth-order valence-electron chi connectivity index (χ4n) is 6.39. The topological polar surface area (TPSA) is 410 Å². The van der Waals surface area contributed by atoms with Gasteiger partial charge < -0.3 is 56.2 Å². The molecule has 99 heavy (non-hydrogen) atoms. The van der Waals surface area contributed by atoms with Crippen LogP contribution in [0.25, 0.3) is 0 Å². The minimum Gasteiger partial charge on any atom is -0.478 e. The molecule has 0 aliphatic carbocycles. The quantitative estimate of drug-likeness (QED) is 0.0573. The Morgan fingerprint density at radius 2 is 0.162 bits per heavy atom. The Balaban J connectivity index is 0.000000544. The third-order valence-corrected chi connectivity index (χ3v) is 11.2. The molecule has 11 aromatic carbocycles. The van der Waals surface area contributed by atoms with Crippen LogP contribution in [0.1, 0.15) is 114 Å². The van der Waals surface area contributed by atoms with Crippen molar-refractivity contribution in [1.82, 2.24) is 0 Å². The number of hydrogen-bond acceptors (Lipinski definition) is 11. The maximum Gasteiger partial charge on any atom is 0.335 e. The molecule has 0 unspecified atom stereocenters. The number of carboxylic acids is 11. The number of carbonyl (C=O) groups is 11. The summed E-state index contributed by atoms with van der Waals surface area (Å²) in [7, 11) is 0. The maximum absolute atomic E-state index is 10.2. The van der Waals surface area contributed by atoms with E-state index in [1.54, 1.807) is 334 Å². The maximum atomic E-state index is 10.2. The number of aromatic carboxylic acids is 11. The Morgan fingerprint density at radius 1 is 0.111 bits per heavy atom. The van der Waals surface area contributed by atoms with E-state index in [4.69, 9.17) is 56.2 Å². The Hall–Kier alpha value is -14.4. The third-order valence-electron chi connectivity index (χ3n) is 11.2. The normalized spacial score (nSPS) is 8.89. The summed E-state index contributed by atoms with van der Waals surface area (Å²) in [6.45, 7) is 0. The van der Waals surface area contributed by atoms with Crippen LogP contribution >= 0.6 is 0 Å². The van der Waals surface area contributed by atoms with Gasteiger partial charge in [0.05, 0.1) is 61.2 Å². The largest absolute Gasteiger partial charge is 0.478 e. The summed E-state index contributed by atoms with van der Waals surface area (Å²) in [5.74, 6) is -9.67. The monoisotopic (exact) mass is 1340 g/mol. The first kappa shape index (κ1) is 82.6. The number of hydrogen-bond donors (Lipinski definition) is 11. The van der Waals surface area contributed by atoms with E-state index in [9.17, 15) is 52.7 Å². The van der Waals surface area contributed by atoms with E-state index < -0.39 is 65.7 Å². The molecule has 0 atom stereocenters. The van der Waals surface area contributed by atoms with Crippen molar-refractivity contribution in [3.05, 3.63) is 395 Å². The van der Waals surface area contributed by atoms with Crippen LogP contribution in [-0.2, 0) is 0 Å². The summed E-state index contributed by atoms with van der Waals surface area (Å²) in [4.78, 5) is 112. The lowest BCUT2D eigenvalue weighted by Gasteiger charge is -1.88. The summed E-state index contributed by atoms with van der Waals surface area (Å²) >= 11 is 0. The summed E-state index contributed by atoms with van der Waals surface area (Å²) in [6.07, 6.45) is 0. The first-order chi connectivity index (χ1) is 47.3. The van der Waals surface area contributed by atoms with Gasteiger partial charge in [-0.05, 0) is 133 Å². The Labute approximate surface area is 567 Å². The lowest BCUT2D eigenvalue weighted by molar-refractivity contribution is 0.0686. The zero-order chi connectivity index (χ0) is 73.6. The molecule has 11 N–H and O–H groups in total. The summed E-state index contributed by atoms with van der Waals surface area (Å²) < 4.78 is 0. The molecule has 0 bridgehead atoms. The molecule has 11 rings (SSSR count). The van der Waals surface area contributed by atoms with Crippen molar-refractivity contribution in [2.75, 3.05) is 0 Å². The van der Waals surface area contributed by atoms with E-state index in [1.165, 1.54) is 0 Å². The highest BCUT2D eigenvalue weighted by Gasteiger charge is 2.03. The minimum atomic E-state index is -0.879. The molecule has 22 nitrogen and oxygen atoms in total. The van der Waals surface area contributed by atoms with E-state index in [1.807, 2.05) is 0 Å². The molecule has 11 aromatic rings. The minimum absolute atomic E-state index is 0.331. The Bertz CT molecular complexity index is 3180. The van der Waals surface area contributed by atoms with E-state index in [2.05, 4.69) is 0 Å². The van der Waals surface area contributed by atoms with Crippen molar-refractivity contribution < 1.29 is 109 Å². The van der Waals surface area contributed by atoms with Gasteiger partial charge in [0.15, 0.2) is 0 Å². The van der Waals surface area contributed by atoms with Gasteiger partial charge >= 0.3 is 65.7 Å². The van der Waals surface area contributed by atoms with Crippen LogP contribution in [0.3, 0.4) is 0 Å². The van der Waals surface area contributed by atoms with E-state index in [0.29, 0.717) is 61.2 Å². The van der Waals surface area contributed by atoms with Crippen molar-refractivity contribution in [1.29, 1.82) is 0 Å². The van der Waals surface area contributed by atoms with Gasteiger partial charge in [-0.3, -0.25) is 0 Å². The SMILES string of the molecule is O=C(O)c1ccccc1.O=C(O)c1ccccc1.O=C(O)c1ccccc1.O=C(O)c1ccccc1.O=C(O)c1ccccc1.O=C(O)c1ccccc1.O=C(O)c1ccccc1.O=C(O)c1ccccc1.O=C(O)c1ccccc1.O=C(O)c1ccccc1.O=C(O)c1ccccc1. The van der Waals surface area contributed by atoms with Gasteiger partial charge in [-0.2, -0.15) is 0 Å². The average molecular weight is 1340 g/mol. The smallest absolute Gasteiger partial charge is 0.335 e. The van der Waals surface area contributed by atoms with Crippen LogP contribution < -0.4 is 0 Å². The fourth-order valence-corrected chi connectivity index (χ4v) is 6.39. The lowest BCUT2D eigenvalue weighted by atomic mass is 10.2. The predicted molar refractivity (Wildman–Crippen MR) is 367 cm³/mol. The highest BCUT2D eigenvalue weighted by Crippen LogP contribution is 2.04. The molecule has 0 saturated heterocycles. The lowest BCUT2D eigenvalue weighted by Crippen LogP contribution is -1.93. The van der Waals surface area contributed by atoms with Crippen LogP contribution in [0.5, 0.6) is 0 Å². The second kappa shape index (κ2) is 50.2. The molecule has 0 aromatic heterocycles. The van der Waals surface area contributed by atoms with Gasteiger partial charge in [0.25, 0.3) is 0 Å². The van der Waals surface area contributed by atoms with Gasteiger partial charge in [0.2, 0.25) is 0 Å².